The van der Waals surface area contributed by atoms with Gasteiger partial charge < -0.3 is 19.1 Å². The Balaban J connectivity index is 1.46. The number of rotatable bonds is 8. The van der Waals surface area contributed by atoms with Gasteiger partial charge in [-0.3, -0.25) is 9.69 Å². The van der Waals surface area contributed by atoms with Gasteiger partial charge in [-0.15, -0.1) is 0 Å². The van der Waals surface area contributed by atoms with E-state index in [1.165, 1.54) is 5.56 Å². The van der Waals surface area contributed by atoms with Crippen molar-refractivity contribution >= 4 is 5.91 Å². The lowest BCUT2D eigenvalue weighted by molar-refractivity contribution is 0.0635. The fraction of sp³-hybridized carbons (Fsp3) is 0.435. The van der Waals surface area contributed by atoms with Crippen LogP contribution < -0.4 is 14.2 Å². The van der Waals surface area contributed by atoms with Crippen molar-refractivity contribution in [3.8, 4) is 17.2 Å². The minimum atomic E-state index is 0.0435. The van der Waals surface area contributed by atoms with Gasteiger partial charge in [0.25, 0.3) is 5.91 Å². The molecule has 0 radical (unpaired) electrons. The highest BCUT2D eigenvalue weighted by Crippen LogP contribution is 2.28. The second-order valence-corrected chi connectivity index (χ2v) is 7.16. The molecular weight excluding hydrogens is 368 g/mol. The third kappa shape index (κ3) is 5.41. The van der Waals surface area contributed by atoms with E-state index in [-0.39, 0.29) is 5.91 Å². The molecule has 1 fully saturated rings. The van der Waals surface area contributed by atoms with Gasteiger partial charge in [0, 0.05) is 31.7 Å². The number of nitrogens with zero attached hydrogens (tertiary/aromatic N) is 2. The van der Waals surface area contributed by atoms with Gasteiger partial charge in [-0.2, -0.15) is 0 Å². The summed E-state index contributed by atoms with van der Waals surface area (Å²) in [6, 6.07) is 13.6. The molecule has 3 rings (SSSR count). The highest BCUT2D eigenvalue weighted by Gasteiger charge is 2.22. The van der Waals surface area contributed by atoms with Gasteiger partial charge in [0.2, 0.25) is 0 Å². The highest BCUT2D eigenvalue weighted by molar-refractivity contribution is 5.95. The third-order valence-corrected chi connectivity index (χ3v) is 5.36. The molecule has 0 aromatic heterocycles. The number of carbonyl (C=O) groups is 1. The molecule has 6 nitrogen and oxygen atoms in total. The molecule has 6 heteroatoms. The average molecular weight is 399 g/mol. The average Bonchev–Trinajstić information content (AvgIpc) is 2.78. The van der Waals surface area contributed by atoms with Crippen molar-refractivity contribution in [2.45, 2.75) is 12.8 Å². The molecule has 29 heavy (non-hydrogen) atoms. The second-order valence-electron chi connectivity index (χ2n) is 7.16. The van der Waals surface area contributed by atoms with Gasteiger partial charge in [-0.05, 0) is 55.3 Å². The van der Waals surface area contributed by atoms with Crippen molar-refractivity contribution in [1.82, 2.24) is 9.80 Å². The first-order chi connectivity index (χ1) is 14.1. The zero-order chi connectivity index (χ0) is 20.6. The van der Waals surface area contributed by atoms with E-state index >= 15 is 0 Å². The maximum atomic E-state index is 12.8. The summed E-state index contributed by atoms with van der Waals surface area (Å²) in [6.07, 6.45) is 2.12. The fourth-order valence-corrected chi connectivity index (χ4v) is 3.66. The van der Waals surface area contributed by atoms with Crippen LogP contribution in [0.25, 0.3) is 0 Å². The first-order valence-corrected chi connectivity index (χ1v) is 10.0. The van der Waals surface area contributed by atoms with E-state index in [4.69, 9.17) is 14.2 Å². The molecule has 1 aliphatic rings. The van der Waals surface area contributed by atoms with Gasteiger partial charge in [-0.1, -0.05) is 12.1 Å². The summed E-state index contributed by atoms with van der Waals surface area (Å²) in [5.41, 5.74) is 1.93. The minimum Gasteiger partial charge on any atom is -0.497 e. The Morgan fingerprint density at radius 1 is 0.897 bits per heavy atom. The molecule has 0 N–H and O–H groups in total. The van der Waals surface area contributed by atoms with E-state index in [1.807, 2.05) is 17.0 Å². The van der Waals surface area contributed by atoms with Crippen molar-refractivity contribution in [2.75, 3.05) is 54.1 Å². The SMILES string of the molecule is COc1cccc(CCCN2CCN(C(=O)c3ccc(OC)c(OC)c3)CC2)c1. The summed E-state index contributed by atoms with van der Waals surface area (Å²) in [7, 11) is 4.87. The molecule has 1 aliphatic heterocycles. The first-order valence-electron chi connectivity index (χ1n) is 10.0. The van der Waals surface area contributed by atoms with Crippen LogP contribution in [0.2, 0.25) is 0 Å². The lowest BCUT2D eigenvalue weighted by Crippen LogP contribution is -2.48. The van der Waals surface area contributed by atoms with E-state index in [2.05, 4.69) is 17.0 Å². The number of ether oxygens (including phenoxy) is 3. The van der Waals surface area contributed by atoms with Crippen LogP contribution in [0.15, 0.2) is 42.5 Å². The van der Waals surface area contributed by atoms with Gasteiger partial charge in [0.15, 0.2) is 11.5 Å². The zero-order valence-electron chi connectivity index (χ0n) is 17.5. The third-order valence-electron chi connectivity index (χ3n) is 5.36. The van der Waals surface area contributed by atoms with Gasteiger partial charge in [0.05, 0.1) is 21.3 Å². The van der Waals surface area contributed by atoms with E-state index in [0.29, 0.717) is 17.1 Å². The highest BCUT2D eigenvalue weighted by atomic mass is 16.5. The smallest absolute Gasteiger partial charge is 0.254 e. The number of hydrogen-bond acceptors (Lipinski definition) is 5. The molecule has 2 aromatic carbocycles. The summed E-state index contributed by atoms with van der Waals surface area (Å²) in [6.45, 7) is 4.32. The number of piperazine rings is 1. The van der Waals surface area contributed by atoms with Crippen LogP contribution in [0.5, 0.6) is 17.2 Å². The van der Waals surface area contributed by atoms with Crippen LogP contribution >= 0.6 is 0 Å². The van der Waals surface area contributed by atoms with Gasteiger partial charge in [-0.25, -0.2) is 0 Å². The fourth-order valence-electron chi connectivity index (χ4n) is 3.66. The van der Waals surface area contributed by atoms with Crippen molar-refractivity contribution < 1.29 is 19.0 Å². The maximum Gasteiger partial charge on any atom is 0.254 e. The number of amides is 1. The Hall–Kier alpha value is -2.73. The number of aryl methyl sites for hydroxylation is 1. The summed E-state index contributed by atoms with van der Waals surface area (Å²) >= 11 is 0. The Labute approximate surface area is 173 Å². The molecule has 0 bridgehead atoms. The molecule has 0 aliphatic carbocycles. The monoisotopic (exact) mass is 398 g/mol. The number of benzene rings is 2. The molecule has 1 heterocycles. The molecular formula is C23H30N2O4. The van der Waals surface area contributed by atoms with E-state index < -0.39 is 0 Å². The van der Waals surface area contributed by atoms with Crippen LogP contribution in [-0.2, 0) is 6.42 Å². The van der Waals surface area contributed by atoms with E-state index in [1.54, 1.807) is 39.5 Å². The molecule has 0 atom stereocenters. The number of hydrogen-bond donors (Lipinski definition) is 0. The predicted octanol–water partition coefficient (Wildman–Crippen LogP) is 3.10. The quantitative estimate of drug-likeness (QED) is 0.684. The van der Waals surface area contributed by atoms with Crippen LogP contribution in [0.1, 0.15) is 22.3 Å². The van der Waals surface area contributed by atoms with Crippen molar-refractivity contribution in [1.29, 1.82) is 0 Å². The van der Waals surface area contributed by atoms with Crippen LogP contribution in [-0.4, -0.2) is 69.8 Å². The zero-order valence-corrected chi connectivity index (χ0v) is 17.5. The molecule has 156 valence electrons. The molecule has 1 saturated heterocycles. The maximum absolute atomic E-state index is 12.8. The van der Waals surface area contributed by atoms with Crippen LogP contribution in [0.3, 0.4) is 0 Å². The molecule has 0 saturated carbocycles. The topological polar surface area (TPSA) is 51.2 Å². The Morgan fingerprint density at radius 3 is 2.34 bits per heavy atom. The lowest BCUT2D eigenvalue weighted by Gasteiger charge is -2.34. The first kappa shape index (κ1) is 21.0. The molecule has 2 aromatic rings. The van der Waals surface area contributed by atoms with E-state index in [9.17, 15) is 4.79 Å². The molecule has 1 amide bonds. The normalized spacial score (nSPS) is 14.5. The van der Waals surface area contributed by atoms with Gasteiger partial charge >= 0.3 is 0 Å². The van der Waals surface area contributed by atoms with Gasteiger partial charge in [0.1, 0.15) is 5.75 Å². The molecule has 0 spiro atoms. The van der Waals surface area contributed by atoms with Crippen LogP contribution in [0.4, 0.5) is 0 Å². The largest absolute Gasteiger partial charge is 0.497 e. The van der Waals surface area contributed by atoms with Crippen molar-refractivity contribution in [3.05, 3.63) is 53.6 Å². The summed E-state index contributed by atoms with van der Waals surface area (Å²) < 4.78 is 15.9. The van der Waals surface area contributed by atoms with Crippen LogP contribution in [0, 0.1) is 0 Å². The number of carbonyl (C=O) groups excluding carboxylic acids is 1. The summed E-state index contributed by atoms with van der Waals surface area (Å²) in [5, 5.41) is 0. The Kier molecular flexibility index (Phi) is 7.36. The molecule has 0 unspecified atom stereocenters. The lowest BCUT2D eigenvalue weighted by atomic mass is 10.1. The minimum absolute atomic E-state index is 0.0435. The summed E-state index contributed by atoms with van der Waals surface area (Å²) in [5.74, 6) is 2.16. The van der Waals surface area contributed by atoms with Crippen molar-refractivity contribution in [2.24, 2.45) is 0 Å². The summed E-state index contributed by atoms with van der Waals surface area (Å²) in [4.78, 5) is 17.2. The van der Waals surface area contributed by atoms with E-state index in [0.717, 1.165) is 51.3 Å². The Morgan fingerprint density at radius 2 is 1.66 bits per heavy atom. The predicted molar refractivity (Wildman–Crippen MR) is 113 cm³/mol. The van der Waals surface area contributed by atoms with Crippen molar-refractivity contribution in [3.63, 3.8) is 0 Å². The standard InChI is InChI=1S/C23H30N2O4/c1-27-20-8-4-6-18(16-20)7-5-11-24-12-14-25(15-13-24)23(26)19-9-10-21(28-2)22(17-19)29-3/h4,6,8-10,16-17H,5,7,11-15H2,1-3H3. The Bertz CT molecular complexity index is 816. The second kappa shape index (κ2) is 10.2. The number of methoxy groups -OCH3 is 3.